The summed E-state index contributed by atoms with van der Waals surface area (Å²) in [5.74, 6) is 1.05. The third-order valence-corrected chi connectivity index (χ3v) is 7.07. The SMILES string of the molecule is Nc1ccc(C2=CC=CNC2(Cl)Oc2ccc3nc(N[C@@H]4CCCC[C@H]4O)sc3c2)cn1. The van der Waals surface area contributed by atoms with Crippen LogP contribution in [0, 0.1) is 0 Å². The Bertz CT molecular complexity index is 1180. The van der Waals surface area contributed by atoms with E-state index in [1.807, 2.05) is 36.4 Å². The van der Waals surface area contributed by atoms with Crippen molar-refractivity contribution in [1.29, 1.82) is 0 Å². The average molecular weight is 470 g/mol. The number of benzene rings is 1. The zero-order chi connectivity index (χ0) is 22.1. The van der Waals surface area contributed by atoms with Crippen LogP contribution >= 0.6 is 22.9 Å². The van der Waals surface area contributed by atoms with Gasteiger partial charge in [-0.15, -0.1) is 0 Å². The zero-order valence-electron chi connectivity index (χ0n) is 17.3. The van der Waals surface area contributed by atoms with E-state index < -0.39 is 5.18 Å². The number of aliphatic hydroxyl groups excluding tert-OH is 1. The number of allylic oxidation sites excluding steroid dienone is 2. The minimum Gasteiger partial charge on any atom is -0.450 e. The second-order valence-corrected chi connectivity index (χ2v) is 9.57. The number of rotatable bonds is 5. The highest BCUT2D eigenvalue weighted by molar-refractivity contribution is 7.22. The lowest BCUT2D eigenvalue weighted by Crippen LogP contribution is -2.44. The summed E-state index contributed by atoms with van der Waals surface area (Å²) in [4.78, 5) is 8.83. The molecule has 1 saturated carbocycles. The zero-order valence-corrected chi connectivity index (χ0v) is 18.9. The third kappa shape index (κ3) is 4.26. The van der Waals surface area contributed by atoms with Crippen molar-refractivity contribution in [1.82, 2.24) is 15.3 Å². The van der Waals surface area contributed by atoms with E-state index in [9.17, 15) is 5.11 Å². The summed E-state index contributed by atoms with van der Waals surface area (Å²) in [7, 11) is 0. The van der Waals surface area contributed by atoms with Gasteiger partial charge in [0.25, 0.3) is 5.18 Å². The number of hydrogen-bond donors (Lipinski definition) is 4. The summed E-state index contributed by atoms with van der Waals surface area (Å²) in [5, 5.41) is 16.3. The van der Waals surface area contributed by atoms with Crippen LogP contribution in [0.25, 0.3) is 15.8 Å². The lowest BCUT2D eigenvalue weighted by Gasteiger charge is -2.32. The maximum absolute atomic E-state index is 10.2. The molecule has 9 heteroatoms. The summed E-state index contributed by atoms with van der Waals surface area (Å²) < 4.78 is 7.19. The number of pyridine rings is 1. The number of thiazole rings is 1. The number of alkyl halides is 1. The van der Waals surface area contributed by atoms with Crippen molar-refractivity contribution >= 4 is 49.7 Å². The van der Waals surface area contributed by atoms with Gasteiger partial charge in [0.05, 0.1) is 22.4 Å². The lowest BCUT2D eigenvalue weighted by molar-refractivity contribution is 0.116. The van der Waals surface area contributed by atoms with Crippen LogP contribution in [0.15, 0.2) is 54.9 Å². The Morgan fingerprint density at radius 1 is 1.25 bits per heavy atom. The number of nitrogens with zero attached hydrogens (tertiary/aromatic N) is 2. The second-order valence-electron chi connectivity index (χ2n) is 8.00. The third-order valence-electron chi connectivity index (χ3n) is 5.73. The maximum atomic E-state index is 10.2. The summed E-state index contributed by atoms with van der Waals surface area (Å²) in [6.07, 6.45) is 10.8. The van der Waals surface area contributed by atoms with Gasteiger partial charge in [0.15, 0.2) is 5.13 Å². The molecular weight excluding hydrogens is 446 g/mol. The van der Waals surface area contributed by atoms with Gasteiger partial charge >= 0.3 is 0 Å². The molecule has 166 valence electrons. The number of ether oxygens (including phenoxy) is 1. The largest absolute Gasteiger partial charge is 0.450 e. The van der Waals surface area contributed by atoms with Gasteiger partial charge in [0.1, 0.15) is 11.6 Å². The first-order valence-corrected chi connectivity index (χ1v) is 11.8. The van der Waals surface area contributed by atoms with Crippen LogP contribution in [0.2, 0.25) is 0 Å². The molecule has 0 spiro atoms. The Labute approximate surface area is 195 Å². The molecule has 0 amide bonds. The number of dihydropyridines is 1. The van der Waals surface area contributed by atoms with Gasteiger partial charge in [-0.3, -0.25) is 0 Å². The average Bonchev–Trinajstić information content (AvgIpc) is 3.18. The quantitative estimate of drug-likeness (QED) is 0.323. The number of fused-ring (bicyclic) bond motifs is 1. The van der Waals surface area contributed by atoms with E-state index in [0.29, 0.717) is 11.6 Å². The van der Waals surface area contributed by atoms with E-state index in [4.69, 9.17) is 22.1 Å². The molecule has 3 aromatic rings. The van der Waals surface area contributed by atoms with Crippen LogP contribution in [0.3, 0.4) is 0 Å². The van der Waals surface area contributed by atoms with E-state index in [2.05, 4.69) is 20.6 Å². The molecule has 7 nitrogen and oxygen atoms in total. The van der Waals surface area contributed by atoms with Crippen LogP contribution in [-0.2, 0) is 0 Å². The summed E-state index contributed by atoms with van der Waals surface area (Å²) in [6.45, 7) is 0. The molecule has 3 atom stereocenters. The smallest absolute Gasteiger partial charge is 0.285 e. The number of aliphatic hydroxyl groups is 1. The highest BCUT2D eigenvalue weighted by atomic mass is 35.5. The predicted molar refractivity (Wildman–Crippen MR) is 130 cm³/mol. The van der Waals surface area contributed by atoms with Crippen molar-refractivity contribution in [3.8, 4) is 5.75 Å². The fourth-order valence-electron chi connectivity index (χ4n) is 4.05. The molecule has 0 radical (unpaired) electrons. The Kier molecular flexibility index (Phi) is 5.67. The van der Waals surface area contributed by atoms with E-state index in [-0.39, 0.29) is 12.1 Å². The monoisotopic (exact) mass is 469 g/mol. The molecule has 1 aliphatic heterocycles. The highest BCUT2D eigenvalue weighted by Crippen LogP contribution is 2.37. The molecule has 1 aliphatic carbocycles. The van der Waals surface area contributed by atoms with E-state index in [0.717, 1.165) is 52.2 Å². The van der Waals surface area contributed by atoms with Crippen molar-refractivity contribution in [2.24, 2.45) is 0 Å². The van der Waals surface area contributed by atoms with Crippen LogP contribution in [0.5, 0.6) is 5.75 Å². The predicted octanol–water partition coefficient (Wildman–Crippen LogP) is 4.46. The molecule has 2 aliphatic rings. The summed E-state index contributed by atoms with van der Waals surface area (Å²) in [5.41, 5.74) is 8.13. The normalized spacial score (nSPS) is 25.2. The Morgan fingerprint density at radius 2 is 2.12 bits per heavy atom. The first-order chi connectivity index (χ1) is 15.5. The van der Waals surface area contributed by atoms with Gasteiger partial charge in [0.2, 0.25) is 0 Å². The number of halogens is 1. The molecule has 2 aromatic heterocycles. The summed E-state index contributed by atoms with van der Waals surface area (Å²) >= 11 is 8.42. The van der Waals surface area contributed by atoms with Crippen molar-refractivity contribution in [3.63, 3.8) is 0 Å². The molecule has 3 heterocycles. The molecule has 5 rings (SSSR count). The molecule has 1 aromatic carbocycles. The first kappa shape index (κ1) is 21.1. The fourth-order valence-corrected chi connectivity index (χ4v) is 5.33. The van der Waals surface area contributed by atoms with Crippen LogP contribution in [0.4, 0.5) is 10.9 Å². The second kappa shape index (κ2) is 8.61. The van der Waals surface area contributed by atoms with Gasteiger partial charge in [0, 0.05) is 23.5 Å². The van der Waals surface area contributed by atoms with Gasteiger partial charge in [-0.25, -0.2) is 9.97 Å². The minimum atomic E-state index is -1.29. The van der Waals surface area contributed by atoms with Crippen molar-refractivity contribution in [3.05, 3.63) is 60.4 Å². The number of hydrogen-bond acceptors (Lipinski definition) is 8. The highest BCUT2D eigenvalue weighted by Gasteiger charge is 2.36. The number of nitrogen functional groups attached to an aromatic ring is 1. The Morgan fingerprint density at radius 3 is 2.94 bits per heavy atom. The van der Waals surface area contributed by atoms with Crippen molar-refractivity contribution in [2.75, 3.05) is 11.1 Å². The van der Waals surface area contributed by atoms with Crippen molar-refractivity contribution in [2.45, 2.75) is 43.0 Å². The molecule has 0 saturated heterocycles. The van der Waals surface area contributed by atoms with Gasteiger partial charge in [-0.1, -0.05) is 24.2 Å². The van der Waals surface area contributed by atoms with E-state index in [1.165, 1.54) is 11.3 Å². The fraction of sp³-hybridized carbons (Fsp3) is 0.304. The van der Waals surface area contributed by atoms with Crippen LogP contribution in [0.1, 0.15) is 31.2 Å². The molecule has 5 N–H and O–H groups in total. The molecule has 32 heavy (non-hydrogen) atoms. The summed E-state index contributed by atoms with van der Waals surface area (Å²) in [6, 6.07) is 9.33. The number of nitrogens with one attached hydrogen (secondary N) is 2. The van der Waals surface area contributed by atoms with Gasteiger partial charge in [-0.2, -0.15) is 0 Å². The Balaban J connectivity index is 1.37. The van der Waals surface area contributed by atoms with Crippen LogP contribution < -0.4 is 21.1 Å². The number of anilines is 2. The van der Waals surface area contributed by atoms with Crippen molar-refractivity contribution < 1.29 is 9.84 Å². The molecular formula is C23H24ClN5O2S. The molecule has 1 unspecified atom stereocenters. The first-order valence-electron chi connectivity index (χ1n) is 10.6. The molecule has 0 bridgehead atoms. The minimum absolute atomic E-state index is 0.0468. The number of aromatic nitrogens is 2. The standard InChI is InChI=1S/C23H24ClN5O2S/c24-23(16(4-3-11-27-23)14-7-10-21(25)26-13-14)31-15-8-9-18-20(12-15)32-22(29-18)28-17-5-1-2-6-19(17)30/h3-4,7-13,17,19,27,30H,1-2,5-6H2,(H2,25,26)(H,28,29)/t17-,19-,23?/m1/s1. The van der Waals surface area contributed by atoms with Gasteiger partial charge in [-0.05, 0) is 66.9 Å². The topological polar surface area (TPSA) is 105 Å². The van der Waals surface area contributed by atoms with E-state index >= 15 is 0 Å². The van der Waals surface area contributed by atoms with E-state index in [1.54, 1.807) is 18.5 Å². The maximum Gasteiger partial charge on any atom is 0.285 e. The van der Waals surface area contributed by atoms with Gasteiger partial charge < -0.3 is 26.2 Å². The van der Waals surface area contributed by atoms with Crippen LogP contribution in [-0.4, -0.2) is 32.4 Å². The lowest BCUT2D eigenvalue weighted by atomic mass is 9.93. The number of nitrogens with two attached hydrogens (primary N) is 1. The Hall–Kier alpha value is -2.81. The molecule has 1 fully saturated rings.